The number of anilines is 2. The monoisotopic (exact) mass is 469 g/mol. The Morgan fingerprint density at radius 2 is 1.68 bits per heavy atom. The fraction of sp³-hybridized carbons (Fsp3) is 0.0526. The minimum Gasteiger partial charge on any atom is -0.459 e. The highest BCUT2D eigenvalue weighted by molar-refractivity contribution is 7.92. The Labute approximate surface area is 180 Å². The topological polar surface area (TPSA) is 100 Å². The van der Waals surface area contributed by atoms with Crippen LogP contribution in [0, 0.1) is 0 Å². The van der Waals surface area contributed by atoms with Crippen molar-refractivity contribution in [3.8, 4) is 0 Å². The van der Waals surface area contributed by atoms with Crippen molar-refractivity contribution < 1.29 is 30.8 Å². The number of alkyl halides is 3. The number of thiocarbonyl (C=S) groups is 1. The highest BCUT2D eigenvalue weighted by atomic mass is 32.2. The van der Waals surface area contributed by atoms with E-state index in [1.54, 1.807) is 0 Å². The van der Waals surface area contributed by atoms with E-state index in [9.17, 15) is 26.4 Å². The molecule has 1 aromatic heterocycles. The molecule has 2 aromatic carbocycles. The summed E-state index contributed by atoms with van der Waals surface area (Å²) in [5.74, 6) is -0.502. The molecule has 0 aliphatic carbocycles. The first-order chi connectivity index (χ1) is 14.5. The van der Waals surface area contributed by atoms with Gasteiger partial charge in [-0.1, -0.05) is 6.07 Å². The van der Waals surface area contributed by atoms with Gasteiger partial charge in [0.2, 0.25) is 0 Å². The van der Waals surface area contributed by atoms with E-state index in [1.165, 1.54) is 48.7 Å². The number of nitrogens with one attached hydrogen (secondary N) is 3. The quantitative estimate of drug-likeness (QED) is 0.484. The van der Waals surface area contributed by atoms with Gasteiger partial charge in [-0.3, -0.25) is 14.8 Å². The van der Waals surface area contributed by atoms with E-state index in [4.69, 9.17) is 16.6 Å². The van der Waals surface area contributed by atoms with Crippen molar-refractivity contribution >= 4 is 44.6 Å². The van der Waals surface area contributed by atoms with Crippen LogP contribution in [0.3, 0.4) is 0 Å². The van der Waals surface area contributed by atoms with Gasteiger partial charge < -0.3 is 9.73 Å². The lowest BCUT2D eigenvalue weighted by molar-refractivity contribution is -0.137. The van der Waals surface area contributed by atoms with Crippen LogP contribution in [0.4, 0.5) is 24.5 Å². The van der Waals surface area contributed by atoms with Gasteiger partial charge in [0.25, 0.3) is 15.9 Å². The van der Waals surface area contributed by atoms with Gasteiger partial charge in [-0.15, -0.1) is 0 Å². The first-order valence-corrected chi connectivity index (χ1v) is 10.4. The maximum absolute atomic E-state index is 12.8. The van der Waals surface area contributed by atoms with Crippen molar-refractivity contribution in [2.75, 3.05) is 10.0 Å². The van der Waals surface area contributed by atoms with Crippen LogP contribution in [-0.4, -0.2) is 19.4 Å². The number of amides is 1. The van der Waals surface area contributed by atoms with Crippen molar-refractivity contribution in [3.63, 3.8) is 0 Å². The highest BCUT2D eigenvalue weighted by Gasteiger charge is 2.30. The minimum atomic E-state index is -4.60. The first kappa shape index (κ1) is 22.3. The van der Waals surface area contributed by atoms with Crippen LogP contribution in [0.15, 0.2) is 76.2 Å². The number of benzene rings is 2. The summed E-state index contributed by atoms with van der Waals surface area (Å²) in [6.07, 6.45) is -3.27. The zero-order chi connectivity index (χ0) is 22.6. The third kappa shape index (κ3) is 5.83. The molecule has 7 nitrogen and oxygen atoms in total. The molecule has 0 atom stereocenters. The average Bonchev–Trinajstić information content (AvgIpc) is 3.22. The molecule has 162 valence electrons. The Morgan fingerprint density at radius 3 is 2.29 bits per heavy atom. The second kappa shape index (κ2) is 8.78. The number of halogens is 3. The van der Waals surface area contributed by atoms with Crippen LogP contribution < -0.4 is 15.4 Å². The van der Waals surface area contributed by atoms with Crippen LogP contribution in [0.2, 0.25) is 0 Å². The molecule has 0 radical (unpaired) electrons. The Balaban J connectivity index is 1.66. The molecule has 0 unspecified atom stereocenters. The molecule has 0 aliphatic heterocycles. The molecular weight excluding hydrogens is 455 g/mol. The van der Waals surface area contributed by atoms with Gasteiger partial charge in [0.05, 0.1) is 16.7 Å². The maximum Gasteiger partial charge on any atom is 0.416 e. The largest absolute Gasteiger partial charge is 0.459 e. The molecular formula is C19H14F3N3O4S2. The Kier molecular flexibility index (Phi) is 6.32. The summed E-state index contributed by atoms with van der Waals surface area (Å²) in [4.78, 5) is 11.7. The summed E-state index contributed by atoms with van der Waals surface area (Å²) < 4.78 is 70.4. The highest BCUT2D eigenvalue weighted by Crippen LogP contribution is 2.31. The van der Waals surface area contributed by atoms with E-state index < -0.39 is 27.7 Å². The zero-order valence-corrected chi connectivity index (χ0v) is 17.1. The van der Waals surface area contributed by atoms with Crippen molar-refractivity contribution in [2.24, 2.45) is 0 Å². The number of carbonyl (C=O) groups is 1. The second-order valence-corrected chi connectivity index (χ2v) is 8.18. The molecule has 0 spiro atoms. The van der Waals surface area contributed by atoms with Gasteiger partial charge in [-0.05, 0) is 66.8 Å². The lowest BCUT2D eigenvalue weighted by atomic mass is 10.2. The van der Waals surface area contributed by atoms with Crippen molar-refractivity contribution in [1.29, 1.82) is 0 Å². The number of carbonyl (C=O) groups excluding carboxylic acids is 1. The molecule has 1 amide bonds. The normalized spacial score (nSPS) is 11.6. The van der Waals surface area contributed by atoms with Gasteiger partial charge in [-0.2, -0.15) is 13.2 Å². The number of rotatable bonds is 5. The maximum atomic E-state index is 12.8. The second-order valence-electron chi connectivity index (χ2n) is 6.09. The number of hydrogen-bond donors (Lipinski definition) is 3. The van der Waals surface area contributed by atoms with Crippen molar-refractivity contribution in [3.05, 3.63) is 78.3 Å². The molecule has 0 saturated carbocycles. The summed E-state index contributed by atoms with van der Waals surface area (Å²) in [6.45, 7) is 0. The van der Waals surface area contributed by atoms with Crippen LogP contribution in [0.1, 0.15) is 16.1 Å². The molecule has 0 fully saturated rings. The zero-order valence-electron chi connectivity index (χ0n) is 15.4. The Bertz CT molecular complexity index is 1190. The third-order valence-corrected chi connectivity index (χ3v) is 5.44. The summed E-state index contributed by atoms with van der Waals surface area (Å²) in [6, 6.07) is 12.1. The SMILES string of the molecule is O=C(NC(=S)Nc1ccc(S(=O)(=O)Nc2cccc(C(F)(F)F)c2)cc1)c1ccco1. The van der Waals surface area contributed by atoms with Gasteiger partial charge in [0.15, 0.2) is 10.9 Å². The molecule has 0 saturated heterocycles. The molecule has 3 N–H and O–H groups in total. The van der Waals surface area contributed by atoms with E-state index in [2.05, 4.69) is 15.4 Å². The van der Waals surface area contributed by atoms with Gasteiger partial charge in [0, 0.05) is 11.4 Å². The fourth-order valence-electron chi connectivity index (χ4n) is 2.43. The van der Waals surface area contributed by atoms with E-state index in [1.807, 2.05) is 0 Å². The van der Waals surface area contributed by atoms with E-state index in [-0.39, 0.29) is 21.5 Å². The van der Waals surface area contributed by atoms with Crippen molar-refractivity contribution in [2.45, 2.75) is 11.1 Å². The number of sulfonamides is 1. The van der Waals surface area contributed by atoms with E-state index in [0.29, 0.717) is 11.8 Å². The molecule has 3 aromatic rings. The summed E-state index contributed by atoms with van der Waals surface area (Å²) in [7, 11) is -4.13. The molecule has 0 aliphatic rings. The number of furan rings is 1. The average molecular weight is 469 g/mol. The van der Waals surface area contributed by atoms with E-state index in [0.717, 1.165) is 12.1 Å². The summed E-state index contributed by atoms with van der Waals surface area (Å²) >= 11 is 5.01. The predicted molar refractivity (Wildman–Crippen MR) is 111 cm³/mol. The number of hydrogen-bond acceptors (Lipinski definition) is 5. The lowest BCUT2D eigenvalue weighted by Crippen LogP contribution is -2.33. The molecule has 12 heteroatoms. The Morgan fingerprint density at radius 1 is 0.968 bits per heavy atom. The predicted octanol–water partition coefficient (Wildman–Crippen LogP) is 4.23. The summed E-state index contributed by atoms with van der Waals surface area (Å²) in [5, 5.41) is 5.05. The van der Waals surface area contributed by atoms with E-state index >= 15 is 0 Å². The van der Waals surface area contributed by atoms with Crippen LogP contribution >= 0.6 is 12.2 Å². The van der Waals surface area contributed by atoms with Gasteiger partial charge in [-0.25, -0.2) is 8.42 Å². The van der Waals surface area contributed by atoms with Crippen molar-refractivity contribution in [1.82, 2.24) is 5.32 Å². The fourth-order valence-corrected chi connectivity index (χ4v) is 3.69. The molecule has 31 heavy (non-hydrogen) atoms. The van der Waals surface area contributed by atoms with Crippen LogP contribution in [-0.2, 0) is 16.2 Å². The lowest BCUT2D eigenvalue weighted by Gasteiger charge is -2.12. The standard InChI is InChI=1S/C19H14F3N3O4S2/c20-19(21,22)12-3-1-4-14(11-12)25-31(27,28)15-8-6-13(7-9-15)23-18(30)24-17(26)16-5-2-10-29-16/h1-11,25H,(H2,23,24,26,30). The smallest absolute Gasteiger partial charge is 0.416 e. The molecule has 0 bridgehead atoms. The van der Waals surface area contributed by atoms with Crippen LogP contribution in [0.5, 0.6) is 0 Å². The summed E-state index contributed by atoms with van der Waals surface area (Å²) in [5.41, 5.74) is -0.820. The van der Waals surface area contributed by atoms with Crippen LogP contribution in [0.25, 0.3) is 0 Å². The minimum absolute atomic E-state index is 0.0425. The van der Waals surface area contributed by atoms with Gasteiger partial charge in [0.1, 0.15) is 0 Å². The molecule has 3 rings (SSSR count). The Hall–Kier alpha value is -3.38. The first-order valence-electron chi connectivity index (χ1n) is 8.50. The third-order valence-electron chi connectivity index (χ3n) is 3.84. The van der Waals surface area contributed by atoms with Gasteiger partial charge >= 0.3 is 6.18 Å². The molecule has 1 heterocycles.